The van der Waals surface area contributed by atoms with Gasteiger partial charge in [0.25, 0.3) is 5.56 Å². The lowest BCUT2D eigenvalue weighted by atomic mass is 10.1. The highest BCUT2D eigenvalue weighted by atomic mass is 35.5. The molecule has 1 aliphatic rings. The molecule has 0 aliphatic carbocycles. The zero-order valence-electron chi connectivity index (χ0n) is 19.3. The summed E-state index contributed by atoms with van der Waals surface area (Å²) in [6.45, 7) is 6.18. The van der Waals surface area contributed by atoms with Crippen LogP contribution in [-0.4, -0.2) is 38.8 Å². The van der Waals surface area contributed by atoms with E-state index in [0.29, 0.717) is 58.4 Å². The van der Waals surface area contributed by atoms with Crippen LogP contribution >= 0.6 is 23.2 Å². The average Bonchev–Trinajstić information content (AvgIpc) is 2.80. The van der Waals surface area contributed by atoms with E-state index in [1.807, 2.05) is 17.0 Å². The minimum atomic E-state index is -0.493. The molecule has 1 aromatic carbocycles. The number of nitrogens with zero attached hydrogens (tertiary/aromatic N) is 4. The molecule has 7 nitrogen and oxygen atoms in total. The largest absolute Gasteiger partial charge is 0.391 e. The molecule has 0 radical (unpaired) electrons. The molecule has 0 spiro atoms. The van der Waals surface area contributed by atoms with Crippen molar-refractivity contribution in [2.75, 3.05) is 23.3 Å². The van der Waals surface area contributed by atoms with Gasteiger partial charge in [0.1, 0.15) is 11.4 Å². The Bertz CT molecular complexity index is 1180. The highest BCUT2D eigenvalue weighted by molar-refractivity contribution is 6.36. The van der Waals surface area contributed by atoms with Crippen LogP contribution in [0.3, 0.4) is 0 Å². The van der Waals surface area contributed by atoms with Crippen molar-refractivity contribution in [3.63, 3.8) is 0 Å². The molecule has 9 heteroatoms. The lowest BCUT2D eigenvalue weighted by Crippen LogP contribution is -2.43. The normalized spacial score (nSPS) is 14.2. The molecule has 0 saturated carbocycles. The maximum Gasteiger partial charge on any atom is 0.278 e. The van der Waals surface area contributed by atoms with Crippen LogP contribution in [0, 0.1) is 5.92 Å². The fourth-order valence-electron chi connectivity index (χ4n) is 4.31. The van der Waals surface area contributed by atoms with Crippen LogP contribution in [0.2, 0.25) is 10.0 Å². The molecule has 1 atom stereocenters. The highest BCUT2D eigenvalue weighted by Gasteiger charge is 2.26. The van der Waals surface area contributed by atoms with Crippen LogP contribution in [0.5, 0.6) is 0 Å². The van der Waals surface area contributed by atoms with E-state index < -0.39 is 6.10 Å². The Morgan fingerprint density at radius 1 is 1.12 bits per heavy atom. The maximum atomic E-state index is 13.7. The van der Waals surface area contributed by atoms with Gasteiger partial charge in [0.05, 0.1) is 6.10 Å². The van der Waals surface area contributed by atoms with E-state index in [4.69, 9.17) is 28.2 Å². The predicted molar refractivity (Wildman–Crippen MR) is 138 cm³/mol. The number of aliphatic hydroxyl groups excluding tert-OH is 1. The van der Waals surface area contributed by atoms with E-state index in [1.165, 1.54) is 0 Å². The molecule has 0 saturated heterocycles. The summed E-state index contributed by atoms with van der Waals surface area (Å²) in [5.41, 5.74) is 2.24. The SMILES string of the molecule is CC(C)CC(O)CN1CCCn2c1nc(-c1ccncc1)c(NCc1c(Cl)cccc1Cl)c2=O. The third-order valence-electron chi connectivity index (χ3n) is 5.87. The van der Waals surface area contributed by atoms with Crippen LogP contribution in [0.4, 0.5) is 11.6 Å². The van der Waals surface area contributed by atoms with Crippen molar-refractivity contribution in [2.45, 2.75) is 45.9 Å². The Kier molecular flexibility index (Phi) is 7.76. The minimum Gasteiger partial charge on any atom is -0.391 e. The maximum absolute atomic E-state index is 13.7. The Balaban J connectivity index is 1.75. The van der Waals surface area contributed by atoms with Gasteiger partial charge in [-0.1, -0.05) is 43.1 Å². The Morgan fingerprint density at radius 3 is 2.50 bits per heavy atom. The Labute approximate surface area is 209 Å². The second-order valence-corrected chi connectivity index (χ2v) is 9.78. The molecule has 2 aromatic heterocycles. The number of anilines is 2. The first-order chi connectivity index (χ1) is 16.3. The first kappa shape index (κ1) is 24.5. The smallest absolute Gasteiger partial charge is 0.278 e. The zero-order valence-corrected chi connectivity index (χ0v) is 20.9. The first-order valence-corrected chi connectivity index (χ1v) is 12.3. The highest BCUT2D eigenvalue weighted by Crippen LogP contribution is 2.30. The van der Waals surface area contributed by atoms with Gasteiger partial charge in [0.2, 0.25) is 5.95 Å². The average molecular weight is 502 g/mol. The summed E-state index contributed by atoms with van der Waals surface area (Å²) >= 11 is 12.7. The van der Waals surface area contributed by atoms with Gasteiger partial charge in [-0.05, 0) is 43.0 Å². The molecule has 1 unspecified atom stereocenters. The number of benzene rings is 1. The van der Waals surface area contributed by atoms with Gasteiger partial charge < -0.3 is 15.3 Å². The van der Waals surface area contributed by atoms with Crippen molar-refractivity contribution in [1.29, 1.82) is 0 Å². The van der Waals surface area contributed by atoms with Gasteiger partial charge in [-0.2, -0.15) is 0 Å². The van der Waals surface area contributed by atoms with Crippen molar-refractivity contribution >= 4 is 34.8 Å². The van der Waals surface area contributed by atoms with E-state index in [0.717, 1.165) is 18.5 Å². The van der Waals surface area contributed by atoms with Crippen LogP contribution < -0.4 is 15.8 Å². The molecule has 3 aromatic rings. The molecule has 4 rings (SSSR count). The third-order valence-corrected chi connectivity index (χ3v) is 6.58. The van der Waals surface area contributed by atoms with Crippen LogP contribution in [0.15, 0.2) is 47.5 Å². The van der Waals surface area contributed by atoms with Crippen molar-refractivity contribution in [2.24, 2.45) is 5.92 Å². The van der Waals surface area contributed by atoms with Gasteiger partial charge in [0, 0.05) is 59.7 Å². The molecular weight excluding hydrogens is 473 g/mol. The lowest BCUT2D eigenvalue weighted by Gasteiger charge is -2.33. The van der Waals surface area contributed by atoms with Crippen LogP contribution in [0.1, 0.15) is 32.3 Å². The van der Waals surface area contributed by atoms with Gasteiger partial charge in [-0.3, -0.25) is 14.3 Å². The quantitative estimate of drug-likeness (QED) is 0.459. The lowest BCUT2D eigenvalue weighted by molar-refractivity contribution is 0.152. The molecule has 0 bridgehead atoms. The summed E-state index contributed by atoms with van der Waals surface area (Å²) in [5.74, 6) is 0.956. The molecule has 0 fully saturated rings. The fourth-order valence-corrected chi connectivity index (χ4v) is 4.84. The summed E-state index contributed by atoms with van der Waals surface area (Å²) in [6, 6.07) is 8.98. The predicted octanol–water partition coefficient (Wildman–Crippen LogP) is 4.84. The number of aliphatic hydroxyl groups is 1. The number of aromatic nitrogens is 3. The summed E-state index contributed by atoms with van der Waals surface area (Å²) < 4.78 is 1.69. The molecule has 3 heterocycles. The topological polar surface area (TPSA) is 83.3 Å². The number of nitrogens with one attached hydrogen (secondary N) is 1. The van der Waals surface area contributed by atoms with Crippen LogP contribution in [-0.2, 0) is 13.1 Å². The number of hydrogen-bond acceptors (Lipinski definition) is 6. The van der Waals surface area contributed by atoms with E-state index in [-0.39, 0.29) is 12.1 Å². The molecule has 1 aliphatic heterocycles. The summed E-state index contributed by atoms with van der Waals surface area (Å²) in [4.78, 5) is 24.7. The van der Waals surface area contributed by atoms with E-state index >= 15 is 0 Å². The summed E-state index contributed by atoms with van der Waals surface area (Å²) in [5, 5.41) is 14.9. The Morgan fingerprint density at radius 2 is 1.82 bits per heavy atom. The molecule has 180 valence electrons. The number of fused-ring (bicyclic) bond motifs is 1. The number of pyridine rings is 1. The standard InChI is InChI=1S/C25H29Cl2N5O2/c1-16(2)13-18(33)15-31-11-4-12-32-24(34)23(29-14-19-20(26)5-3-6-21(19)27)22(30-25(31)32)17-7-9-28-10-8-17/h3,5-10,16,18,29,33H,4,11-15H2,1-2H3. The van der Waals surface area contributed by atoms with Crippen molar-refractivity contribution in [3.05, 3.63) is 68.7 Å². The monoisotopic (exact) mass is 501 g/mol. The molecule has 34 heavy (non-hydrogen) atoms. The summed E-state index contributed by atoms with van der Waals surface area (Å²) in [7, 11) is 0. The van der Waals surface area contributed by atoms with Gasteiger partial charge in [-0.15, -0.1) is 0 Å². The van der Waals surface area contributed by atoms with E-state index in [9.17, 15) is 9.90 Å². The fraction of sp³-hybridized carbons (Fsp3) is 0.400. The van der Waals surface area contributed by atoms with Gasteiger partial charge >= 0.3 is 0 Å². The number of rotatable bonds is 8. The van der Waals surface area contributed by atoms with Crippen LogP contribution in [0.25, 0.3) is 11.3 Å². The number of hydrogen-bond donors (Lipinski definition) is 2. The number of halogens is 2. The number of β-amino-alcohol motifs (C(OH)–C–C–N with tert-alkyl or cyclic N) is 1. The Hall–Kier alpha value is -2.61. The third kappa shape index (κ3) is 5.37. The second-order valence-electron chi connectivity index (χ2n) is 8.96. The molecule has 2 N–H and O–H groups in total. The van der Waals surface area contributed by atoms with Gasteiger partial charge in [0.15, 0.2) is 0 Å². The molecule has 0 amide bonds. The van der Waals surface area contributed by atoms with Crippen molar-refractivity contribution in [1.82, 2.24) is 14.5 Å². The summed E-state index contributed by atoms with van der Waals surface area (Å²) in [6.07, 6.45) is 4.34. The van der Waals surface area contributed by atoms with Crippen molar-refractivity contribution < 1.29 is 5.11 Å². The molecular formula is C25H29Cl2N5O2. The van der Waals surface area contributed by atoms with E-state index in [1.54, 1.807) is 35.2 Å². The van der Waals surface area contributed by atoms with Gasteiger partial charge in [-0.25, -0.2) is 4.98 Å². The minimum absolute atomic E-state index is 0.164. The zero-order chi connectivity index (χ0) is 24.2. The van der Waals surface area contributed by atoms with E-state index in [2.05, 4.69) is 24.1 Å². The second kappa shape index (κ2) is 10.8. The first-order valence-electron chi connectivity index (χ1n) is 11.5. The van der Waals surface area contributed by atoms with Crippen molar-refractivity contribution in [3.8, 4) is 11.3 Å².